The number of hydrogen-bond acceptors (Lipinski definition) is 2. The van der Waals surface area contributed by atoms with Crippen LogP contribution in [0.25, 0.3) is 16.8 Å². The SMILES string of the molecule is Cc1cc(Cl)c2nc3[nH]c(CCC(=O)O)cn3c2c1. The first kappa shape index (κ1) is 12.0. The van der Waals surface area contributed by atoms with Crippen LogP contribution in [0.2, 0.25) is 5.02 Å². The van der Waals surface area contributed by atoms with E-state index in [0.29, 0.717) is 17.2 Å². The number of hydrogen-bond donors (Lipinski definition) is 2. The first-order valence-corrected chi connectivity index (χ1v) is 6.30. The zero-order chi connectivity index (χ0) is 13.6. The second-order valence-electron chi connectivity index (χ2n) is 4.59. The Hall–Kier alpha value is -2.01. The Labute approximate surface area is 113 Å². The van der Waals surface area contributed by atoms with E-state index >= 15 is 0 Å². The molecular formula is C13H12ClN3O2. The van der Waals surface area contributed by atoms with Crippen molar-refractivity contribution in [3.63, 3.8) is 0 Å². The van der Waals surface area contributed by atoms with Gasteiger partial charge in [0.15, 0.2) is 0 Å². The summed E-state index contributed by atoms with van der Waals surface area (Å²) in [6.07, 6.45) is 2.44. The van der Waals surface area contributed by atoms with Crippen molar-refractivity contribution in [2.75, 3.05) is 0 Å². The topological polar surface area (TPSA) is 70.4 Å². The molecule has 5 nitrogen and oxygen atoms in total. The molecule has 6 heteroatoms. The molecule has 0 radical (unpaired) electrons. The van der Waals surface area contributed by atoms with Crippen LogP contribution in [0, 0.1) is 6.92 Å². The molecule has 98 valence electrons. The number of aromatic amines is 1. The third-order valence-corrected chi connectivity index (χ3v) is 3.35. The van der Waals surface area contributed by atoms with Crippen molar-refractivity contribution in [2.45, 2.75) is 19.8 Å². The van der Waals surface area contributed by atoms with Gasteiger partial charge in [-0.15, -0.1) is 0 Å². The van der Waals surface area contributed by atoms with Gasteiger partial charge < -0.3 is 10.1 Å². The summed E-state index contributed by atoms with van der Waals surface area (Å²) in [5, 5.41) is 9.32. The molecule has 0 aliphatic carbocycles. The molecular weight excluding hydrogens is 266 g/mol. The Kier molecular flexibility index (Phi) is 2.71. The molecule has 2 heterocycles. The molecule has 19 heavy (non-hydrogen) atoms. The van der Waals surface area contributed by atoms with Crippen LogP contribution in [0.15, 0.2) is 18.3 Å². The highest BCUT2D eigenvalue weighted by Gasteiger charge is 2.11. The maximum Gasteiger partial charge on any atom is 0.303 e. The Morgan fingerprint density at radius 2 is 2.32 bits per heavy atom. The van der Waals surface area contributed by atoms with Gasteiger partial charge in [-0.25, -0.2) is 4.98 Å². The van der Waals surface area contributed by atoms with Crippen LogP contribution in [0.5, 0.6) is 0 Å². The van der Waals surface area contributed by atoms with Crippen LogP contribution in [-0.4, -0.2) is 25.4 Å². The summed E-state index contributed by atoms with van der Waals surface area (Å²) in [5.74, 6) is -0.126. The van der Waals surface area contributed by atoms with Crippen molar-refractivity contribution in [1.82, 2.24) is 14.4 Å². The van der Waals surface area contributed by atoms with Gasteiger partial charge in [0.2, 0.25) is 5.78 Å². The number of aromatic nitrogens is 3. The molecule has 3 rings (SSSR count). The Bertz CT molecular complexity index is 788. The minimum atomic E-state index is -0.809. The molecule has 2 aromatic heterocycles. The van der Waals surface area contributed by atoms with Gasteiger partial charge in [0, 0.05) is 11.9 Å². The number of benzene rings is 1. The average molecular weight is 278 g/mol. The maximum atomic E-state index is 10.6. The van der Waals surface area contributed by atoms with E-state index in [2.05, 4.69) is 9.97 Å². The van der Waals surface area contributed by atoms with Crippen LogP contribution >= 0.6 is 11.6 Å². The van der Waals surface area contributed by atoms with Crippen molar-refractivity contribution in [2.24, 2.45) is 0 Å². The number of aryl methyl sites for hydroxylation is 2. The normalized spacial score (nSPS) is 11.5. The summed E-state index contributed by atoms with van der Waals surface area (Å²) in [4.78, 5) is 18.1. The van der Waals surface area contributed by atoms with Crippen molar-refractivity contribution < 1.29 is 9.90 Å². The largest absolute Gasteiger partial charge is 0.481 e. The van der Waals surface area contributed by atoms with Gasteiger partial charge in [0.1, 0.15) is 5.52 Å². The number of nitrogens with one attached hydrogen (secondary N) is 1. The molecule has 0 saturated carbocycles. The Morgan fingerprint density at radius 3 is 3.05 bits per heavy atom. The fourth-order valence-corrected chi connectivity index (χ4v) is 2.51. The third kappa shape index (κ3) is 2.06. The van der Waals surface area contributed by atoms with Crippen molar-refractivity contribution >= 4 is 34.4 Å². The Balaban J connectivity index is 2.11. The van der Waals surface area contributed by atoms with Crippen LogP contribution in [0.3, 0.4) is 0 Å². The molecule has 0 unspecified atom stereocenters. The third-order valence-electron chi connectivity index (χ3n) is 3.06. The van der Waals surface area contributed by atoms with Crippen molar-refractivity contribution in [3.8, 4) is 0 Å². The monoisotopic (exact) mass is 277 g/mol. The van der Waals surface area contributed by atoms with Crippen molar-refractivity contribution in [3.05, 3.63) is 34.6 Å². The van der Waals surface area contributed by atoms with Crippen LogP contribution in [0.4, 0.5) is 0 Å². The number of rotatable bonds is 3. The van der Waals surface area contributed by atoms with Crippen LogP contribution in [0.1, 0.15) is 17.7 Å². The van der Waals surface area contributed by atoms with E-state index in [0.717, 1.165) is 22.3 Å². The molecule has 1 aromatic carbocycles. The first-order chi connectivity index (χ1) is 9.04. The molecule has 0 saturated heterocycles. The highest BCUT2D eigenvalue weighted by Crippen LogP contribution is 2.26. The van der Waals surface area contributed by atoms with Gasteiger partial charge in [0.25, 0.3) is 0 Å². The number of carboxylic acids is 1. The minimum absolute atomic E-state index is 0.0986. The summed E-state index contributed by atoms with van der Waals surface area (Å²) in [6, 6.07) is 3.89. The van der Waals surface area contributed by atoms with E-state index in [9.17, 15) is 4.79 Å². The van der Waals surface area contributed by atoms with E-state index < -0.39 is 5.97 Å². The number of aliphatic carboxylic acids is 1. The van der Waals surface area contributed by atoms with E-state index in [4.69, 9.17) is 16.7 Å². The molecule has 0 aliphatic heterocycles. The van der Waals surface area contributed by atoms with Gasteiger partial charge in [-0.1, -0.05) is 11.6 Å². The van der Waals surface area contributed by atoms with Crippen LogP contribution < -0.4 is 0 Å². The fourth-order valence-electron chi connectivity index (χ4n) is 2.20. The zero-order valence-electron chi connectivity index (χ0n) is 10.3. The second kappa shape index (κ2) is 4.28. The van der Waals surface area contributed by atoms with Crippen LogP contribution in [-0.2, 0) is 11.2 Å². The first-order valence-electron chi connectivity index (χ1n) is 5.92. The highest BCUT2D eigenvalue weighted by atomic mass is 35.5. The van der Waals surface area contributed by atoms with E-state index in [1.807, 2.05) is 29.7 Å². The number of halogens is 1. The second-order valence-corrected chi connectivity index (χ2v) is 5.00. The molecule has 2 N–H and O–H groups in total. The lowest BCUT2D eigenvalue weighted by Gasteiger charge is -1.97. The molecule has 3 aromatic rings. The lowest BCUT2D eigenvalue weighted by molar-refractivity contribution is -0.136. The van der Waals surface area contributed by atoms with Gasteiger partial charge in [-0.3, -0.25) is 9.20 Å². The molecule has 0 spiro atoms. The predicted molar refractivity (Wildman–Crippen MR) is 72.8 cm³/mol. The number of carboxylic acid groups (broad SMARTS) is 1. The lowest BCUT2D eigenvalue weighted by Crippen LogP contribution is -1.97. The maximum absolute atomic E-state index is 10.6. The molecule has 0 amide bonds. The minimum Gasteiger partial charge on any atom is -0.481 e. The van der Waals surface area contributed by atoms with Gasteiger partial charge >= 0.3 is 5.97 Å². The van der Waals surface area contributed by atoms with E-state index in [1.54, 1.807) is 0 Å². The summed E-state index contributed by atoms with van der Waals surface area (Å²) in [6.45, 7) is 1.97. The average Bonchev–Trinajstić information content (AvgIpc) is 2.85. The molecule has 0 atom stereocenters. The quantitative estimate of drug-likeness (QED) is 0.773. The number of imidazole rings is 2. The molecule has 0 bridgehead atoms. The lowest BCUT2D eigenvalue weighted by atomic mass is 10.2. The number of H-pyrrole nitrogens is 1. The summed E-state index contributed by atoms with van der Waals surface area (Å²) in [7, 11) is 0. The molecule has 0 fully saturated rings. The number of nitrogens with zero attached hydrogens (tertiary/aromatic N) is 2. The zero-order valence-corrected chi connectivity index (χ0v) is 11.0. The summed E-state index contributed by atoms with van der Waals surface area (Å²) < 4.78 is 1.91. The Morgan fingerprint density at radius 1 is 1.53 bits per heavy atom. The van der Waals surface area contributed by atoms with Gasteiger partial charge in [-0.05, 0) is 31.0 Å². The molecule has 0 aliphatic rings. The van der Waals surface area contributed by atoms with E-state index in [-0.39, 0.29) is 6.42 Å². The van der Waals surface area contributed by atoms with Gasteiger partial charge in [0.05, 0.1) is 17.0 Å². The number of fused-ring (bicyclic) bond motifs is 3. The fraction of sp³-hybridized carbons (Fsp3) is 0.231. The van der Waals surface area contributed by atoms with E-state index in [1.165, 1.54) is 0 Å². The number of carbonyl (C=O) groups is 1. The standard InChI is InChI=1S/C13H12ClN3O2/c1-7-4-9(14)12-10(5-7)17-6-8(2-3-11(18)19)15-13(17)16-12/h4-6H,2-3H2,1H3,(H,15,16)(H,18,19). The predicted octanol–water partition coefficient (Wildman–Crippen LogP) is 2.79. The van der Waals surface area contributed by atoms with Crippen molar-refractivity contribution in [1.29, 1.82) is 0 Å². The highest BCUT2D eigenvalue weighted by molar-refractivity contribution is 6.35. The van der Waals surface area contributed by atoms with Gasteiger partial charge in [-0.2, -0.15) is 0 Å². The summed E-state index contributed by atoms with van der Waals surface area (Å²) >= 11 is 6.17. The summed E-state index contributed by atoms with van der Waals surface area (Å²) in [5.41, 5.74) is 3.60. The smallest absolute Gasteiger partial charge is 0.303 e.